The largest absolute Gasteiger partial charge is 0.316 e. The Kier molecular flexibility index (Phi) is 12.7. The van der Waals surface area contributed by atoms with E-state index in [4.69, 9.17) is 0 Å². The predicted molar refractivity (Wildman–Crippen MR) is 147 cm³/mol. The normalized spacial score (nSPS) is 12.2. The predicted octanol–water partition coefficient (Wildman–Crippen LogP) is 8.18. The van der Waals surface area contributed by atoms with E-state index in [0.29, 0.717) is 17.6 Å². The van der Waals surface area contributed by atoms with Crippen LogP contribution in [0.1, 0.15) is 102 Å². The summed E-state index contributed by atoms with van der Waals surface area (Å²) in [4.78, 5) is 11.8. The van der Waals surface area contributed by atoms with Gasteiger partial charge in [-0.3, -0.25) is 4.79 Å². The van der Waals surface area contributed by atoms with Crippen molar-refractivity contribution < 1.29 is 4.79 Å². The fraction of sp³-hybridized carbons (Fsp3) is 0.581. The van der Waals surface area contributed by atoms with E-state index in [1.54, 1.807) is 0 Å². The minimum absolute atomic E-state index is 0.310. The lowest BCUT2D eigenvalue weighted by atomic mass is 9.83. The van der Waals surface area contributed by atoms with E-state index in [2.05, 4.69) is 85.1 Å². The van der Waals surface area contributed by atoms with Crippen molar-refractivity contribution in [3.63, 3.8) is 0 Å². The van der Waals surface area contributed by atoms with Crippen LogP contribution in [-0.2, 0) is 17.6 Å². The molecule has 0 bridgehead atoms. The molecular weight excluding hydrogens is 402 g/mol. The topological polar surface area (TPSA) is 29.1 Å². The van der Waals surface area contributed by atoms with Crippen molar-refractivity contribution in [3.05, 3.63) is 64.8 Å². The molecule has 0 saturated heterocycles. The van der Waals surface area contributed by atoms with Gasteiger partial charge in [-0.1, -0.05) is 71.1 Å². The summed E-state index contributed by atoms with van der Waals surface area (Å²) in [5.74, 6) is 0.381. The second kappa shape index (κ2) is 14.4. The minimum Gasteiger partial charge on any atom is -0.316 e. The summed E-state index contributed by atoms with van der Waals surface area (Å²) in [6.07, 6.45) is 9.93. The Hall–Kier alpha value is -1.93. The lowest BCUT2D eigenvalue weighted by Crippen LogP contribution is -2.20. The molecule has 0 spiro atoms. The van der Waals surface area contributed by atoms with Crippen LogP contribution >= 0.6 is 0 Å². The molecule has 0 fully saturated rings. The van der Waals surface area contributed by atoms with E-state index in [9.17, 15) is 4.79 Å². The van der Waals surface area contributed by atoms with Crippen molar-refractivity contribution in [2.45, 2.75) is 99.8 Å². The molecule has 1 N–H and O–H groups in total. The van der Waals surface area contributed by atoms with Crippen molar-refractivity contribution in [1.82, 2.24) is 5.32 Å². The molecule has 0 aliphatic rings. The van der Waals surface area contributed by atoms with Gasteiger partial charge >= 0.3 is 0 Å². The zero-order valence-electron chi connectivity index (χ0n) is 22.6. The van der Waals surface area contributed by atoms with Crippen LogP contribution in [0, 0.1) is 12.3 Å². The van der Waals surface area contributed by atoms with Crippen LogP contribution in [0.25, 0.3) is 5.57 Å². The summed E-state index contributed by atoms with van der Waals surface area (Å²) in [6.45, 7) is 25.8. The van der Waals surface area contributed by atoms with Crippen molar-refractivity contribution >= 4 is 11.4 Å². The van der Waals surface area contributed by atoms with E-state index in [1.165, 1.54) is 22.3 Å². The number of aryl methyl sites for hydroxylation is 2. The molecule has 1 aromatic carbocycles. The third kappa shape index (κ3) is 10.7. The number of Topliss-reactive ketones (excluding diaryl/α,β-unsaturated/α-hetero) is 1. The smallest absolute Gasteiger partial charge is 0.134 e. The molecule has 0 aliphatic heterocycles. The molecule has 0 aromatic heterocycles. The molecule has 33 heavy (non-hydrogen) atoms. The van der Waals surface area contributed by atoms with Crippen LogP contribution in [0.2, 0.25) is 0 Å². The number of rotatable bonds is 15. The van der Waals surface area contributed by atoms with E-state index >= 15 is 0 Å². The van der Waals surface area contributed by atoms with E-state index < -0.39 is 0 Å². The van der Waals surface area contributed by atoms with Gasteiger partial charge in [0.2, 0.25) is 0 Å². The van der Waals surface area contributed by atoms with Crippen LogP contribution in [-0.4, -0.2) is 18.9 Å². The monoisotopic (exact) mass is 451 g/mol. The van der Waals surface area contributed by atoms with Crippen LogP contribution in [0.5, 0.6) is 0 Å². The lowest BCUT2D eigenvalue weighted by molar-refractivity contribution is -0.119. The van der Waals surface area contributed by atoms with Crippen LogP contribution in [0.4, 0.5) is 0 Å². The van der Waals surface area contributed by atoms with E-state index in [0.717, 1.165) is 74.8 Å². The highest BCUT2D eigenvalue weighted by atomic mass is 16.1. The maximum absolute atomic E-state index is 11.8. The van der Waals surface area contributed by atoms with Gasteiger partial charge < -0.3 is 5.32 Å². The second-order valence-corrected chi connectivity index (χ2v) is 10.7. The molecule has 0 unspecified atom stereocenters. The number of ketones is 1. The van der Waals surface area contributed by atoms with Gasteiger partial charge in [0, 0.05) is 19.4 Å². The van der Waals surface area contributed by atoms with Crippen LogP contribution in [0.15, 0.2) is 42.5 Å². The molecule has 0 atom stereocenters. The highest BCUT2D eigenvalue weighted by Gasteiger charge is 2.16. The lowest BCUT2D eigenvalue weighted by Gasteiger charge is -2.22. The molecule has 0 amide bonds. The molecular formula is C31H49NO. The van der Waals surface area contributed by atoms with Gasteiger partial charge in [-0.05, 0) is 98.2 Å². The quantitative estimate of drug-likeness (QED) is 0.215. The Morgan fingerprint density at radius 2 is 1.76 bits per heavy atom. The van der Waals surface area contributed by atoms with Crippen LogP contribution in [0.3, 0.4) is 0 Å². The molecule has 0 saturated carbocycles. The molecule has 1 aromatic rings. The van der Waals surface area contributed by atoms with Crippen molar-refractivity contribution in [2.75, 3.05) is 13.1 Å². The highest BCUT2D eigenvalue weighted by molar-refractivity contribution is 5.83. The number of carbonyl (C=O) groups excluding carboxylic acids is 1. The molecule has 0 aliphatic carbocycles. The van der Waals surface area contributed by atoms with Gasteiger partial charge in [0.05, 0.1) is 0 Å². The van der Waals surface area contributed by atoms with Gasteiger partial charge in [-0.25, -0.2) is 0 Å². The van der Waals surface area contributed by atoms with Crippen molar-refractivity contribution in [3.8, 4) is 0 Å². The van der Waals surface area contributed by atoms with Crippen LogP contribution < -0.4 is 5.32 Å². The third-order valence-electron chi connectivity index (χ3n) is 6.33. The number of hydrogen-bond acceptors (Lipinski definition) is 2. The Labute approximate surface area is 204 Å². The summed E-state index contributed by atoms with van der Waals surface area (Å²) in [5, 5.41) is 3.45. The Morgan fingerprint density at radius 3 is 2.33 bits per heavy atom. The molecule has 184 valence electrons. The first-order valence-electron chi connectivity index (χ1n) is 12.9. The minimum atomic E-state index is 0.310. The van der Waals surface area contributed by atoms with E-state index in [1.807, 2.05) is 0 Å². The molecule has 1 rings (SSSR count). The zero-order valence-corrected chi connectivity index (χ0v) is 22.6. The molecule has 0 heterocycles. The first-order chi connectivity index (χ1) is 15.5. The summed E-state index contributed by atoms with van der Waals surface area (Å²) < 4.78 is 0. The van der Waals surface area contributed by atoms with Gasteiger partial charge in [0.15, 0.2) is 0 Å². The van der Waals surface area contributed by atoms with Gasteiger partial charge in [0.1, 0.15) is 5.78 Å². The average Bonchev–Trinajstić information content (AvgIpc) is 2.73. The summed E-state index contributed by atoms with van der Waals surface area (Å²) >= 11 is 0. The fourth-order valence-electron chi connectivity index (χ4n) is 4.16. The Balaban J connectivity index is 2.90. The van der Waals surface area contributed by atoms with Gasteiger partial charge in [0.25, 0.3) is 0 Å². The fourth-order valence-corrected chi connectivity index (χ4v) is 4.16. The number of unbranched alkanes of at least 4 members (excludes halogenated alkanes) is 1. The Bertz CT molecular complexity index is 835. The SMILES string of the molecule is C=C(C)/C(=C/C)C(=C)c1cc(CCCNCCC(=O)CCCC)cc(CCC(C)(C)C)c1C. The first kappa shape index (κ1) is 29.1. The van der Waals surface area contributed by atoms with Crippen molar-refractivity contribution in [1.29, 1.82) is 0 Å². The second-order valence-electron chi connectivity index (χ2n) is 10.7. The number of carbonyl (C=O) groups is 1. The molecule has 0 radical (unpaired) electrons. The first-order valence-corrected chi connectivity index (χ1v) is 12.9. The zero-order chi connectivity index (χ0) is 25.0. The average molecular weight is 452 g/mol. The molecule has 2 heteroatoms. The summed E-state index contributed by atoms with van der Waals surface area (Å²) in [5.41, 5.74) is 8.99. The maximum atomic E-state index is 11.8. The van der Waals surface area contributed by atoms with Gasteiger partial charge in [-0.15, -0.1) is 0 Å². The van der Waals surface area contributed by atoms with Gasteiger partial charge in [-0.2, -0.15) is 0 Å². The highest BCUT2D eigenvalue weighted by Crippen LogP contribution is 2.33. The van der Waals surface area contributed by atoms with Crippen molar-refractivity contribution in [2.24, 2.45) is 5.41 Å². The number of nitrogens with one attached hydrogen (secondary N) is 1. The Morgan fingerprint density at radius 1 is 1.06 bits per heavy atom. The summed E-state index contributed by atoms with van der Waals surface area (Å²) in [6, 6.07) is 4.74. The van der Waals surface area contributed by atoms with E-state index in [-0.39, 0.29) is 0 Å². The number of hydrogen-bond donors (Lipinski definition) is 1. The number of benzene rings is 1. The summed E-state index contributed by atoms with van der Waals surface area (Å²) in [7, 11) is 0. The standard InChI is InChI=1S/C31H49NO/c1-10-12-15-28(33)17-20-32-19-13-14-26-21-27(16-18-31(7,8)9)24(5)30(22-26)25(6)29(11-2)23(3)4/h11,21-22,32H,3,6,10,12-20H2,1-2,4-5,7-9H3/b29-11-. The molecule has 2 nitrogen and oxygen atoms in total. The maximum Gasteiger partial charge on any atom is 0.134 e. The third-order valence-corrected chi connectivity index (χ3v) is 6.33. The number of allylic oxidation sites excluding steroid dienone is 4.